The van der Waals surface area contributed by atoms with Crippen LogP contribution < -0.4 is 10.6 Å². The summed E-state index contributed by atoms with van der Waals surface area (Å²) in [5.74, 6) is -0.544. The van der Waals surface area contributed by atoms with Crippen LogP contribution in [0.15, 0.2) is 66.9 Å². The van der Waals surface area contributed by atoms with Crippen molar-refractivity contribution in [3.8, 4) is 0 Å². The molecule has 1 heterocycles. The number of carbonyl (C=O) groups excluding carboxylic acids is 1. The molecular weight excluding hydrogens is 317 g/mol. The summed E-state index contributed by atoms with van der Waals surface area (Å²) in [4.78, 5) is 16.5. The van der Waals surface area contributed by atoms with Gasteiger partial charge in [0.2, 0.25) is 0 Å². The van der Waals surface area contributed by atoms with Crippen molar-refractivity contribution in [2.24, 2.45) is 0 Å². The van der Waals surface area contributed by atoms with Crippen molar-refractivity contribution in [1.29, 1.82) is 0 Å². The van der Waals surface area contributed by atoms with Gasteiger partial charge in [-0.3, -0.25) is 4.79 Å². The van der Waals surface area contributed by atoms with E-state index in [9.17, 15) is 9.18 Å². The van der Waals surface area contributed by atoms with Crippen molar-refractivity contribution in [1.82, 2.24) is 4.98 Å². The van der Waals surface area contributed by atoms with Crippen molar-refractivity contribution in [3.63, 3.8) is 0 Å². The number of aryl methyl sites for hydroxylation is 1. The second-order valence-corrected chi connectivity index (χ2v) is 5.53. The number of para-hydroxylation sites is 1. The van der Waals surface area contributed by atoms with Crippen LogP contribution in [0.5, 0.6) is 0 Å². The van der Waals surface area contributed by atoms with Crippen LogP contribution in [0.4, 0.5) is 21.5 Å². The summed E-state index contributed by atoms with van der Waals surface area (Å²) >= 11 is 0. The molecule has 2 N–H and O–H groups in total. The molecule has 0 aliphatic heterocycles. The molecule has 0 saturated carbocycles. The van der Waals surface area contributed by atoms with Crippen molar-refractivity contribution < 1.29 is 9.18 Å². The maximum atomic E-state index is 12.9. The molecule has 0 saturated heterocycles. The van der Waals surface area contributed by atoms with Gasteiger partial charge in [-0.25, -0.2) is 9.37 Å². The van der Waals surface area contributed by atoms with Crippen LogP contribution in [0.1, 0.15) is 23.0 Å². The number of benzene rings is 2. The highest BCUT2D eigenvalue weighted by atomic mass is 19.1. The maximum absolute atomic E-state index is 12.9. The summed E-state index contributed by atoms with van der Waals surface area (Å²) in [6.45, 7) is 2.04. The van der Waals surface area contributed by atoms with Crippen LogP contribution in [0.3, 0.4) is 0 Å². The molecule has 1 aromatic heterocycles. The van der Waals surface area contributed by atoms with Gasteiger partial charge in [0.05, 0.1) is 11.9 Å². The van der Waals surface area contributed by atoms with Crippen molar-refractivity contribution in [2.75, 3.05) is 10.6 Å². The second-order valence-electron chi connectivity index (χ2n) is 5.53. The molecule has 0 atom stereocenters. The number of anilines is 3. The minimum atomic E-state index is -0.289. The minimum absolute atomic E-state index is 0.255. The Morgan fingerprint density at radius 3 is 2.40 bits per heavy atom. The fourth-order valence-electron chi connectivity index (χ4n) is 2.44. The van der Waals surface area contributed by atoms with Crippen molar-refractivity contribution in [2.45, 2.75) is 13.3 Å². The van der Waals surface area contributed by atoms with E-state index in [4.69, 9.17) is 0 Å². The topological polar surface area (TPSA) is 54.0 Å². The van der Waals surface area contributed by atoms with Gasteiger partial charge in [-0.1, -0.05) is 25.1 Å². The Kier molecular flexibility index (Phi) is 5.04. The first-order valence-corrected chi connectivity index (χ1v) is 8.03. The molecule has 5 heteroatoms. The Hall–Kier alpha value is -3.21. The van der Waals surface area contributed by atoms with Crippen LogP contribution in [0, 0.1) is 5.82 Å². The summed E-state index contributed by atoms with van der Waals surface area (Å²) in [5.41, 5.74) is 3.67. The van der Waals surface area contributed by atoms with E-state index in [1.807, 2.05) is 31.2 Å². The third-order valence-corrected chi connectivity index (χ3v) is 3.78. The molecule has 25 heavy (non-hydrogen) atoms. The average molecular weight is 335 g/mol. The van der Waals surface area contributed by atoms with E-state index in [2.05, 4.69) is 15.6 Å². The lowest BCUT2D eigenvalue weighted by Crippen LogP contribution is -2.14. The van der Waals surface area contributed by atoms with E-state index in [1.54, 1.807) is 30.5 Å². The third-order valence-electron chi connectivity index (χ3n) is 3.78. The van der Waals surface area contributed by atoms with Gasteiger partial charge in [0.15, 0.2) is 0 Å². The number of pyridine rings is 1. The second kappa shape index (κ2) is 7.57. The molecule has 1 amide bonds. The lowest BCUT2D eigenvalue weighted by atomic mass is 10.1. The first-order valence-electron chi connectivity index (χ1n) is 8.03. The predicted octanol–water partition coefficient (Wildman–Crippen LogP) is 4.78. The van der Waals surface area contributed by atoms with Gasteiger partial charge < -0.3 is 10.6 Å². The van der Waals surface area contributed by atoms with Gasteiger partial charge in [0, 0.05) is 11.4 Å². The largest absolute Gasteiger partial charge is 0.354 e. The third kappa shape index (κ3) is 4.20. The molecule has 0 radical (unpaired) electrons. The summed E-state index contributed by atoms with van der Waals surface area (Å²) in [7, 11) is 0. The highest BCUT2D eigenvalue weighted by Crippen LogP contribution is 2.18. The molecule has 0 fully saturated rings. The summed E-state index contributed by atoms with van der Waals surface area (Å²) in [6.07, 6.45) is 2.41. The summed E-state index contributed by atoms with van der Waals surface area (Å²) in [5, 5.41) is 5.99. The fourth-order valence-corrected chi connectivity index (χ4v) is 2.44. The number of amides is 1. The zero-order chi connectivity index (χ0) is 17.6. The molecule has 0 aliphatic carbocycles. The lowest BCUT2D eigenvalue weighted by Gasteiger charge is -2.10. The Balaban J connectivity index is 1.69. The highest BCUT2D eigenvalue weighted by molar-refractivity contribution is 6.03. The first-order chi connectivity index (χ1) is 12.2. The summed E-state index contributed by atoms with van der Waals surface area (Å²) in [6, 6.07) is 17.1. The van der Waals surface area contributed by atoms with E-state index in [1.165, 1.54) is 12.1 Å². The SMILES string of the molecule is CCc1ccccc1NC(=O)c1ccc(Nc2ccc(F)cc2)cn1. The Bertz CT molecular complexity index is 861. The van der Waals surface area contributed by atoms with Crippen LogP contribution in [-0.4, -0.2) is 10.9 Å². The monoisotopic (exact) mass is 335 g/mol. The van der Waals surface area contributed by atoms with E-state index in [0.717, 1.165) is 29.0 Å². The van der Waals surface area contributed by atoms with Crippen LogP contribution in [-0.2, 0) is 6.42 Å². The zero-order valence-electron chi connectivity index (χ0n) is 13.8. The molecular formula is C20H18FN3O. The number of carbonyl (C=O) groups is 1. The number of halogens is 1. The smallest absolute Gasteiger partial charge is 0.274 e. The van der Waals surface area contributed by atoms with E-state index < -0.39 is 0 Å². The number of hydrogen-bond acceptors (Lipinski definition) is 3. The molecule has 0 unspecified atom stereocenters. The molecule has 0 bridgehead atoms. The Morgan fingerprint density at radius 2 is 1.72 bits per heavy atom. The molecule has 3 rings (SSSR count). The zero-order valence-corrected chi connectivity index (χ0v) is 13.8. The quantitative estimate of drug-likeness (QED) is 0.705. The lowest BCUT2D eigenvalue weighted by molar-refractivity contribution is 0.102. The Labute approximate surface area is 145 Å². The van der Waals surface area contributed by atoms with Gasteiger partial charge in [0.1, 0.15) is 11.5 Å². The van der Waals surface area contributed by atoms with Gasteiger partial charge in [-0.05, 0) is 54.4 Å². The molecule has 126 valence electrons. The average Bonchev–Trinajstić information content (AvgIpc) is 2.64. The first kappa shape index (κ1) is 16.6. The van der Waals surface area contributed by atoms with Crippen molar-refractivity contribution >= 4 is 23.0 Å². The van der Waals surface area contributed by atoms with Crippen molar-refractivity contribution in [3.05, 3.63) is 83.9 Å². The molecule has 4 nitrogen and oxygen atoms in total. The van der Waals surface area contributed by atoms with E-state index >= 15 is 0 Å². The van der Waals surface area contributed by atoms with Gasteiger partial charge in [-0.2, -0.15) is 0 Å². The number of aromatic nitrogens is 1. The van der Waals surface area contributed by atoms with Gasteiger partial charge >= 0.3 is 0 Å². The molecule has 3 aromatic rings. The maximum Gasteiger partial charge on any atom is 0.274 e. The molecule has 0 spiro atoms. The highest BCUT2D eigenvalue weighted by Gasteiger charge is 2.09. The number of hydrogen-bond donors (Lipinski definition) is 2. The van der Waals surface area contributed by atoms with Crippen LogP contribution >= 0.6 is 0 Å². The standard InChI is InChI=1S/C20H18FN3O/c1-2-14-5-3-4-6-18(14)24-20(25)19-12-11-17(13-22-19)23-16-9-7-15(21)8-10-16/h3-13,23H,2H2,1H3,(H,24,25). The number of nitrogens with zero attached hydrogens (tertiary/aromatic N) is 1. The Morgan fingerprint density at radius 1 is 1.00 bits per heavy atom. The predicted molar refractivity (Wildman–Crippen MR) is 97.7 cm³/mol. The van der Waals surface area contributed by atoms with E-state index in [-0.39, 0.29) is 11.7 Å². The van der Waals surface area contributed by atoms with Crippen LogP contribution in [0.25, 0.3) is 0 Å². The number of nitrogens with one attached hydrogen (secondary N) is 2. The molecule has 0 aliphatic rings. The van der Waals surface area contributed by atoms with Gasteiger partial charge in [0.25, 0.3) is 5.91 Å². The van der Waals surface area contributed by atoms with Gasteiger partial charge in [-0.15, -0.1) is 0 Å². The fraction of sp³-hybridized carbons (Fsp3) is 0.100. The molecule has 2 aromatic carbocycles. The summed E-state index contributed by atoms with van der Waals surface area (Å²) < 4.78 is 12.9. The minimum Gasteiger partial charge on any atom is -0.354 e. The number of rotatable bonds is 5. The normalized spacial score (nSPS) is 10.3. The van der Waals surface area contributed by atoms with Crippen LogP contribution in [0.2, 0.25) is 0 Å². The van der Waals surface area contributed by atoms with E-state index in [0.29, 0.717) is 5.69 Å².